The lowest BCUT2D eigenvalue weighted by Gasteiger charge is -2.19. The zero-order chi connectivity index (χ0) is 12.3. The van der Waals surface area contributed by atoms with Crippen molar-refractivity contribution < 1.29 is 9.84 Å². The summed E-state index contributed by atoms with van der Waals surface area (Å²) >= 11 is 5.86. The van der Waals surface area contributed by atoms with Crippen molar-refractivity contribution in [2.45, 2.75) is 25.9 Å². The standard InChI is InChI=1S/C13H18ClNO2/c1-9(11-5-6-17-8-11)15-7-10-3-2-4-12(14)13(10)16/h2-4,9,11,15-16H,5-8H2,1H3. The van der Waals surface area contributed by atoms with Gasteiger partial charge in [0.25, 0.3) is 0 Å². The maximum Gasteiger partial charge on any atom is 0.138 e. The third kappa shape index (κ3) is 3.12. The third-order valence-corrected chi connectivity index (χ3v) is 3.66. The average Bonchev–Trinajstić information content (AvgIpc) is 2.84. The minimum absolute atomic E-state index is 0.177. The molecule has 3 nitrogen and oxygen atoms in total. The summed E-state index contributed by atoms with van der Waals surface area (Å²) in [6.07, 6.45) is 1.11. The summed E-state index contributed by atoms with van der Waals surface area (Å²) in [5, 5.41) is 13.6. The zero-order valence-corrected chi connectivity index (χ0v) is 10.7. The highest BCUT2D eigenvalue weighted by atomic mass is 35.5. The molecule has 2 rings (SSSR count). The van der Waals surface area contributed by atoms with E-state index in [1.54, 1.807) is 6.07 Å². The minimum Gasteiger partial charge on any atom is -0.506 e. The fraction of sp³-hybridized carbons (Fsp3) is 0.538. The summed E-state index contributed by atoms with van der Waals surface area (Å²) in [7, 11) is 0. The molecule has 1 heterocycles. The third-order valence-electron chi connectivity index (χ3n) is 3.36. The molecule has 0 radical (unpaired) electrons. The summed E-state index contributed by atoms with van der Waals surface area (Å²) in [5.41, 5.74) is 0.836. The molecule has 1 aliphatic heterocycles. The molecule has 2 atom stereocenters. The van der Waals surface area contributed by atoms with Crippen LogP contribution in [0.25, 0.3) is 0 Å². The second-order valence-electron chi connectivity index (χ2n) is 4.54. The Morgan fingerprint density at radius 3 is 3.12 bits per heavy atom. The Bertz CT molecular complexity index is 378. The number of para-hydroxylation sites is 1. The molecule has 0 spiro atoms. The first kappa shape index (κ1) is 12.7. The molecule has 1 aliphatic rings. The molecule has 2 N–H and O–H groups in total. The Morgan fingerprint density at radius 2 is 2.41 bits per heavy atom. The van der Waals surface area contributed by atoms with Gasteiger partial charge in [-0.15, -0.1) is 0 Å². The van der Waals surface area contributed by atoms with E-state index in [4.69, 9.17) is 16.3 Å². The van der Waals surface area contributed by atoms with Crippen LogP contribution < -0.4 is 5.32 Å². The predicted molar refractivity (Wildman–Crippen MR) is 68.3 cm³/mol. The molecule has 0 amide bonds. The molecule has 0 bridgehead atoms. The van der Waals surface area contributed by atoms with Crippen LogP contribution in [0.5, 0.6) is 5.75 Å². The molecular formula is C13H18ClNO2. The van der Waals surface area contributed by atoms with Crippen molar-refractivity contribution in [3.63, 3.8) is 0 Å². The van der Waals surface area contributed by atoms with Crippen LogP contribution in [0, 0.1) is 5.92 Å². The van der Waals surface area contributed by atoms with Crippen molar-refractivity contribution in [1.29, 1.82) is 0 Å². The molecule has 0 aliphatic carbocycles. The van der Waals surface area contributed by atoms with E-state index in [2.05, 4.69) is 12.2 Å². The first-order valence-corrected chi connectivity index (χ1v) is 6.33. The van der Waals surface area contributed by atoms with Crippen molar-refractivity contribution in [2.24, 2.45) is 5.92 Å². The lowest BCUT2D eigenvalue weighted by Crippen LogP contribution is -2.33. The van der Waals surface area contributed by atoms with Crippen LogP contribution >= 0.6 is 11.6 Å². The number of rotatable bonds is 4. The highest BCUT2D eigenvalue weighted by molar-refractivity contribution is 6.32. The van der Waals surface area contributed by atoms with Crippen LogP contribution in [0.3, 0.4) is 0 Å². The van der Waals surface area contributed by atoms with Crippen molar-refractivity contribution in [3.8, 4) is 5.75 Å². The molecule has 0 aromatic heterocycles. The molecule has 2 unspecified atom stereocenters. The first-order valence-electron chi connectivity index (χ1n) is 5.96. The van der Waals surface area contributed by atoms with Gasteiger partial charge >= 0.3 is 0 Å². The monoisotopic (exact) mass is 255 g/mol. The number of ether oxygens (including phenoxy) is 1. The molecular weight excluding hydrogens is 238 g/mol. The van der Waals surface area contributed by atoms with Gasteiger partial charge in [0.05, 0.1) is 11.6 Å². The maximum absolute atomic E-state index is 9.78. The van der Waals surface area contributed by atoms with E-state index < -0.39 is 0 Å². The van der Waals surface area contributed by atoms with Crippen LogP contribution in [0.2, 0.25) is 5.02 Å². The number of aromatic hydroxyl groups is 1. The minimum atomic E-state index is 0.177. The highest BCUT2D eigenvalue weighted by Crippen LogP contribution is 2.27. The summed E-state index contributed by atoms with van der Waals surface area (Å²) in [5.74, 6) is 0.743. The second-order valence-corrected chi connectivity index (χ2v) is 4.95. The van der Waals surface area contributed by atoms with Gasteiger partial charge in [-0.05, 0) is 25.3 Å². The number of benzene rings is 1. The smallest absolute Gasteiger partial charge is 0.138 e. The summed E-state index contributed by atoms with van der Waals surface area (Å²) in [6.45, 7) is 4.47. The summed E-state index contributed by atoms with van der Waals surface area (Å²) in [4.78, 5) is 0. The van der Waals surface area contributed by atoms with Gasteiger partial charge in [-0.25, -0.2) is 0 Å². The van der Waals surface area contributed by atoms with Gasteiger partial charge in [0.1, 0.15) is 5.75 Å². The Kier molecular flexibility index (Phi) is 4.26. The van der Waals surface area contributed by atoms with Crippen LogP contribution in [-0.2, 0) is 11.3 Å². The van der Waals surface area contributed by atoms with Crippen LogP contribution in [0.15, 0.2) is 18.2 Å². The van der Waals surface area contributed by atoms with E-state index in [0.717, 1.165) is 25.2 Å². The first-order chi connectivity index (χ1) is 8.18. The maximum atomic E-state index is 9.78. The van der Waals surface area contributed by atoms with Crippen LogP contribution in [-0.4, -0.2) is 24.4 Å². The summed E-state index contributed by atoms with van der Waals surface area (Å²) in [6, 6.07) is 5.80. The van der Waals surface area contributed by atoms with Crippen LogP contribution in [0.1, 0.15) is 18.9 Å². The van der Waals surface area contributed by atoms with E-state index in [0.29, 0.717) is 23.5 Å². The number of hydrogen-bond donors (Lipinski definition) is 2. The molecule has 17 heavy (non-hydrogen) atoms. The van der Waals surface area contributed by atoms with Gasteiger partial charge in [-0.2, -0.15) is 0 Å². The van der Waals surface area contributed by atoms with Gasteiger partial charge in [0.2, 0.25) is 0 Å². The van der Waals surface area contributed by atoms with Crippen LogP contribution in [0.4, 0.5) is 0 Å². The largest absolute Gasteiger partial charge is 0.506 e. The lowest BCUT2D eigenvalue weighted by atomic mass is 10.0. The van der Waals surface area contributed by atoms with Gasteiger partial charge in [0.15, 0.2) is 0 Å². The van der Waals surface area contributed by atoms with E-state index >= 15 is 0 Å². The zero-order valence-electron chi connectivity index (χ0n) is 9.95. The van der Waals surface area contributed by atoms with Gasteiger partial charge < -0.3 is 15.2 Å². The fourth-order valence-corrected chi connectivity index (χ4v) is 2.28. The second kappa shape index (κ2) is 5.71. The van der Waals surface area contributed by atoms with Gasteiger partial charge in [0, 0.05) is 24.8 Å². The van der Waals surface area contributed by atoms with E-state index in [-0.39, 0.29) is 5.75 Å². The van der Waals surface area contributed by atoms with E-state index in [1.807, 2.05) is 12.1 Å². The number of phenolic OH excluding ortho intramolecular Hbond substituents is 1. The number of nitrogens with one attached hydrogen (secondary N) is 1. The van der Waals surface area contributed by atoms with Crippen molar-refractivity contribution in [3.05, 3.63) is 28.8 Å². The molecule has 1 saturated heterocycles. The quantitative estimate of drug-likeness (QED) is 0.869. The molecule has 1 fully saturated rings. The lowest BCUT2D eigenvalue weighted by molar-refractivity contribution is 0.178. The number of phenols is 1. The highest BCUT2D eigenvalue weighted by Gasteiger charge is 2.21. The van der Waals surface area contributed by atoms with Crippen molar-refractivity contribution in [1.82, 2.24) is 5.32 Å². The topological polar surface area (TPSA) is 41.5 Å². The fourth-order valence-electron chi connectivity index (χ4n) is 2.09. The van der Waals surface area contributed by atoms with Crippen molar-refractivity contribution in [2.75, 3.05) is 13.2 Å². The Hall–Kier alpha value is -0.770. The van der Waals surface area contributed by atoms with Crippen molar-refractivity contribution >= 4 is 11.6 Å². The number of hydrogen-bond acceptors (Lipinski definition) is 3. The Balaban J connectivity index is 1.90. The van der Waals surface area contributed by atoms with Gasteiger partial charge in [-0.1, -0.05) is 23.7 Å². The predicted octanol–water partition coefficient (Wildman–Crippen LogP) is 2.56. The average molecular weight is 256 g/mol. The van der Waals surface area contributed by atoms with E-state index in [1.165, 1.54) is 0 Å². The molecule has 94 valence electrons. The Labute approximate surface area is 107 Å². The molecule has 1 aromatic rings. The number of halogens is 1. The molecule has 1 aromatic carbocycles. The summed E-state index contributed by atoms with van der Waals surface area (Å²) < 4.78 is 5.36. The van der Waals surface area contributed by atoms with E-state index in [9.17, 15) is 5.11 Å². The normalized spacial score (nSPS) is 21.6. The van der Waals surface area contributed by atoms with Gasteiger partial charge in [-0.3, -0.25) is 0 Å². The Morgan fingerprint density at radius 1 is 1.59 bits per heavy atom. The SMILES string of the molecule is CC(NCc1cccc(Cl)c1O)C1CCOC1. The molecule has 4 heteroatoms. The molecule has 0 saturated carbocycles.